The fraction of sp³-hybridized carbons (Fsp3) is 0.0526. The molecular weight excluding hydrogens is 304 g/mol. The molecule has 4 rings (SSSR count). The molecule has 0 saturated heterocycles. The number of carboxylic acids is 1. The Kier molecular flexibility index (Phi) is 3.29. The molecule has 5 nitrogen and oxygen atoms in total. The molecule has 0 fully saturated rings. The maximum atomic E-state index is 11.2. The van der Waals surface area contributed by atoms with Crippen LogP contribution in [0, 0.1) is 0 Å². The molecule has 2 aromatic carbocycles. The Bertz CT molecular complexity index is 990. The van der Waals surface area contributed by atoms with Gasteiger partial charge in [-0.25, -0.2) is 4.79 Å². The second-order valence-electron chi connectivity index (χ2n) is 5.63. The van der Waals surface area contributed by atoms with E-state index in [1.165, 1.54) is 6.07 Å². The average Bonchev–Trinajstić information content (AvgIpc) is 2.90. The van der Waals surface area contributed by atoms with Gasteiger partial charge in [-0.05, 0) is 42.0 Å². The van der Waals surface area contributed by atoms with Crippen molar-refractivity contribution in [2.45, 2.75) is 6.23 Å². The average molecular weight is 318 g/mol. The maximum Gasteiger partial charge on any atom is 0.335 e. The first-order valence-electron chi connectivity index (χ1n) is 7.51. The van der Waals surface area contributed by atoms with Crippen LogP contribution in [0.5, 0.6) is 0 Å². The van der Waals surface area contributed by atoms with E-state index in [4.69, 9.17) is 0 Å². The minimum absolute atomic E-state index is 0.190. The monoisotopic (exact) mass is 318 g/mol. The highest BCUT2D eigenvalue weighted by Gasteiger charge is 2.25. The number of aliphatic hydroxyl groups excluding tert-OH is 1. The minimum atomic E-state index is -0.993. The van der Waals surface area contributed by atoms with Crippen molar-refractivity contribution in [2.75, 3.05) is 5.32 Å². The number of para-hydroxylation sites is 1. The van der Waals surface area contributed by atoms with Crippen LogP contribution in [0.2, 0.25) is 0 Å². The van der Waals surface area contributed by atoms with Crippen LogP contribution in [0.25, 0.3) is 22.6 Å². The summed E-state index contributed by atoms with van der Waals surface area (Å²) in [6, 6.07) is 14.4. The maximum absolute atomic E-state index is 11.2. The lowest BCUT2D eigenvalue weighted by molar-refractivity contribution is 0.0697. The number of benzene rings is 2. The van der Waals surface area contributed by atoms with E-state index >= 15 is 0 Å². The fourth-order valence-electron chi connectivity index (χ4n) is 2.98. The first-order valence-corrected chi connectivity index (χ1v) is 7.51. The second kappa shape index (κ2) is 5.47. The third-order valence-electron chi connectivity index (χ3n) is 4.16. The number of nitrogens with one attached hydrogen (secondary N) is 1. The Balaban J connectivity index is 1.89. The first-order chi connectivity index (χ1) is 11.6. The van der Waals surface area contributed by atoms with Crippen molar-refractivity contribution in [3.05, 3.63) is 71.4 Å². The van der Waals surface area contributed by atoms with Crippen molar-refractivity contribution in [1.82, 2.24) is 4.98 Å². The predicted octanol–water partition coefficient (Wildman–Crippen LogP) is 3.22. The molecule has 0 aliphatic carbocycles. The van der Waals surface area contributed by atoms with E-state index in [1.54, 1.807) is 18.3 Å². The number of aliphatic hydroxyl groups is 1. The smallest absolute Gasteiger partial charge is 0.335 e. The standard InChI is InChI=1S/C19H14N2O3/c22-18-15(14-10-12(19(23)24)5-6-17(14)21-18)9-11-7-8-20-16-4-2-1-3-13(11)16/h1-10,18,21-22H,(H,23,24). The number of nitrogens with zero attached hydrogens (tertiary/aromatic N) is 1. The quantitative estimate of drug-likeness (QED) is 0.676. The van der Waals surface area contributed by atoms with Crippen molar-refractivity contribution < 1.29 is 15.0 Å². The number of aromatic nitrogens is 1. The van der Waals surface area contributed by atoms with Gasteiger partial charge >= 0.3 is 5.97 Å². The SMILES string of the molecule is O=C(O)c1ccc2c(c1)C(=Cc1ccnc3ccccc13)C(O)N2. The zero-order valence-electron chi connectivity index (χ0n) is 12.6. The molecule has 1 aliphatic heterocycles. The summed E-state index contributed by atoms with van der Waals surface area (Å²) in [6.45, 7) is 0. The lowest BCUT2D eigenvalue weighted by Gasteiger charge is -2.07. The summed E-state index contributed by atoms with van der Waals surface area (Å²) in [5.74, 6) is -0.993. The fourth-order valence-corrected chi connectivity index (χ4v) is 2.98. The molecule has 0 saturated carbocycles. The molecular formula is C19H14N2O3. The third kappa shape index (κ3) is 2.31. The Morgan fingerprint density at radius 3 is 2.83 bits per heavy atom. The van der Waals surface area contributed by atoms with Gasteiger partial charge in [0.2, 0.25) is 0 Å². The molecule has 0 spiro atoms. The van der Waals surface area contributed by atoms with Gasteiger partial charge in [0.1, 0.15) is 0 Å². The summed E-state index contributed by atoms with van der Waals surface area (Å²) in [4.78, 5) is 15.5. The topological polar surface area (TPSA) is 82.5 Å². The third-order valence-corrected chi connectivity index (χ3v) is 4.16. The number of pyridine rings is 1. The normalized spacial score (nSPS) is 17.7. The van der Waals surface area contributed by atoms with Gasteiger partial charge in [0.25, 0.3) is 0 Å². The van der Waals surface area contributed by atoms with Crippen LogP contribution in [0.3, 0.4) is 0 Å². The highest BCUT2D eigenvalue weighted by Crippen LogP contribution is 2.36. The zero-order valence-corrected chi connectivity index (χ0v) is 12.6. The van der Waals surface area contributed by atoms with Crippen molar-refractivity contribution in [1.29, 1.82) is 0 Å². The van der Waals surface area contributed by atoms with Crippen LogP contribution in [-0.4, -0.2) is 27.4 Å². The van der Waals surface area contributed by atoms with Crippen LogP contribution in [0.15, 0.2) is 54.7 Å². The Morgan fingerprint density at radius 1 is 1.17 bits per heavy atom. The molecule has 3 aromatic rings. The molecule has 1 aliphatic rings. The summed E-state index contributed by atoms with van der Waals surface area (Å²) in [7, 11) is 0. The number of hydrogen-bond donors (Lipinski definition) is 3. The molecule has 118 valence electrons. The van der Waals surface area contributed by atoms with E-state index in [-0.39, 0.29) is 5.56 Å². The Hall–Kier alpha value is -3.18. The second-order valence-corrected chi connectivity index (χ2v) is 5.63. The predicted molar refractivity (Wildman–Crippen MR) is 92.6 cm³/mol. The summed E-state index contributed by atoms with van der Waals surface area (Å²) in [5, 5.41) is 23.5. The molecule has 0 radical (unpaired) electrons. The highest BCUT2D eigenvalue weighted by atomic mass is 16.4. The lowest BCUT2D eigenvalue weighted by atomic mass is 10.00. The largest absolute Gasteiger partial charge is 0.478 e. The Morgan fingerprint density at radius 2 is 2.00 bits per heavy atom. The van der Waals surface area contributed by atoms with Gasteiger partial charge in [-0.2, -0.15) is 0 Å². The molecule has 0 bridgehead atoms. The number of fused-ring (bicyclic) bond motifs is 2. The van der Waals surface area contributed by atoms with E-state index in [0.29, 0.717) is 11.1 Å². The van der Waals surface area contributed by atoms with Gasteiger partial charge in [0.15, 0.2) is 6.23 Å². The molecule has 3 N–H and O–H groups in total. The molecule has 24 heavy (non-hydrogen) atoms. The lowest BCUT2D eigenvalue weighted by Crippen LogP contribution is -2.12. The van der Waals surface area contributed by atoms with Gasteiger partial charge in [0.05, 0.1) is 11.1 Å². The van der Waals surface area contributed by atoms with Gasteiger partial charge in [-0.3, -0.25) is 4.98 Å². The van der Waals surface area contributed by atoms with Crippen LogP contribution in [0.1, 0.15) is 21.5 Å². The molecule has 5 heteroatoms. The molecule has 0 amide bonds. The van der Waals surface area contributed by atoms with Crippen LogP contribution < -0.4 is 5.32 Å². The van der Waals surface area contributed by atoms with Crippen LogP contribution in [0.4, 0.5) is 5.69 Å². The molecule has 1 aromatic heterocycles. The molecule has 2 heterocycles. The number of rotatable bonds is 2. The van der Waals surface area contributed by atoms with E-state index in [2.05, 4.69) is 10.3 Å². The van der Waals surface area contributed by atoms with Crippen LogP contribution in [-0.2, 0) is 0 Å². The van der Waals surface area contributed by atoms with Crippen molar-refractivity contribution in [2.24, 2.45) is 0 Å². The zero-order chi connectivity index (χ0) is 16.7. The highest BCUT2D eigenvalue weighted by molar-refractivity contribution is 6.00. The van der Waals surface area contributed by atoms with Crippen molar-refractivity contribution in [3.63, 3.8) is 0 Å². The van der Waals surface area contributed by atoms with Crippen LogP contribution >= 0.6 is 0 Å². The van der Waals surface area contributed by atoms with Gasteiger partial charge in [0, 0.05) is 28.4 Å². The van der Waals surface area contributed by atoms with Gasteiger partial charge in [-0.15, -0.1) is 0 Å². The van der Waals surface area contributed by atoms with E-state index < -0.39 is 12.2 Å². The van der Waals surface area contributed by atoms with E-state index in [1.807, 2.05) is 36.4 Å². The number of aromatic carboxylic acids is 1. The molecule has 1 unspecified atom stereocenters. The van der Waals surface area contributed by atoms with Gasteiger partial charge in [-0.1, -0.05) is 18.2 Å². The molecule has 1 atom stereocenters. The van der Waals surface area contributed by atoms with Crippen molar-refractivity contribution in [3.8, 4) is 0 Å². The number of anilines is 1. The minimum Gasteiger partial charge on any atom is -0.478 e. The van der Waals surface area contributed by atoms with E-state index in [9.17, 15) is 15.0 Å². The van der Waals surface area contributed by atoms with Gasteiger partial charge < -0.3 is 15.5 Å². The number of carbonyl (C=O) groups is 1. The summed E-state index contributed by atoms with van der Waals surface area (Å²) >= 11 is 0. The number of carboxylic acid groups (broad SMARTS) is 1. The number of hydrogen-bond acceptors (Lipinski definition) is 4. The first kappa shape index (κ1) is 14.4. The van der Waals surface area contributed by atoms with E-state index in [0.717, 1.165) is 22.2 Å². The Labute approximate surface area is 137 Å². The summed E-state index contributed by atoms with van der Waals surface area (Å²) in [5.41, 5.74) is 4.04. The summed E-state index contributed by atoms with van der Waals surface area (Å²) in [6.07, 6.45) is 2.72. The summed E-state index contributed by atoms with van der Waals surface area (Å²) < 4.78 is 0. The van der Waals surface area contributed by atoms with Crippen molar-refractivity contribution >= 4 is 34.2 Å².